The Morgan fingerprint density at radius 2 is 2.17 bits per heavy atom. The topological polar surface area (TPSA) is 25.8 Å². The molecule has 2 heterocycles. The van der Waals surface area contributed by atoms with Gasteiger partial charge in [-0.25, -0.2) is 9.97 Å². The quantitative estimate of drug-likeness (QED) is 0.475. The first-order valence-electron chi connectivity index (χ1n) is 6.14. The van der Waals surface area contributed by atoms with Crippen molar-refractivity contribution in [3.8, 4) is 12.3 Å². The van der Waals surface area contributed by atoms with Gasteiger partial charge in [-0.15, -0.1) is 17.8 Å². The maximum Gasteiger partial charge on any atom is 0.128 e. The highest BCUT2D eigenvalue weighted by Gasteiger charge is 2.20. The van der Waals surface area contributed by atoms with Gasteiger partial charge < -0.3 is 0 Å². The third kappa shape index (κ3) is 2.02. The molecule has 92 valence electrons. The molecule has 1 aliphatic carbocycles. The maximum atomic E-state index is 5.36. The molecule has 0 atom stereocenters. The van der Waals surface area contributed by atoms with Crippen LogP contribution in [0.5, 0.6) is 0 Å². The Morgan fingerprint density at radius 1 is 1.33 bits per heavy atom. The summed E-state index contributed by atoms with van der Waals surface area (Å²) < 4.78 is 0. The molecule has 0 spiro atoms. The molecule has 0 amide bonds. The predicted octanol–water partition coefficient (Wildman–Crippen LogP) is 3.60. The summed E-state index contributed by atoms with van der Waals surface area (Å²) in [5.41, 5.74) is 1.49. The number of thiophene rings is 1. The Labute approximate surface area is 115 Å². The van der Waals surface area contributed by atoms with Gasteiger partial charge in [-0.2, -0.15) is 0 Å². The number of thioether (sulfide) groups is 1. The highest BCUT2D eigenvalue weighted by atomic mass is 32.2. The summed E-state index contributed by atoms with van der Waals surface area (Å²) in [6, 6.07) is 0. The minimum atomic E-state index is 0.677. The van der Waals surface area contributed by atoms with Crippen molar-refractivity contribution < 1.29 is 0 Å². The van der Waals surface area contributed by atoms with E-state index in [9.17, 15) is 0 Å². The van der Waals surface area contributed by atoms with Crippen LogP contribution < -0.4 is 0 Å². The Kier molecular flexibility index (Phi) is 3.27. The van der Waals surface area contributed by atoms with Gasteiger partial charge in [0.1, 0.15) is 15.7 Å². The van der Waals surface area contributed by atoms with Crippen LogP contribution in [-0.4, -0.2) is 15.7 Å². The lowest BCUT2D eigenvalue weighted by Gasteiger charge is -2.11. The number of fused-ring (bicyclic) bond motifs is 3. The van der Waals surface area contributed by atoms with Crippen LogP contribution >= 0.6 is 23.1 Å². The molecule has 0 aliphatic heterocycles. The molecule has 0 bridgehead atoms. The van der Waals surface area contributed by atoms with Gasteiger partial charge in [0.15, 0.2) is 0 Å². The molecule has 0 fully saturated rings. The number of aromatic nitrogens is 2. The molecule has 2 aromatic heterocycles. The predicted molar refractivity (Wildman–Crippen MR) is 78.4 cm³/mol. The van der Waals surface area contributed by atoms with Gasteiger partial charge in [0.25, 0.3) is 0 Å². The molecule has 0 radical (unpaired) electrons. The summed E-state index contributed by atoms with van der Waals surface area (Å²) in [6.07, 6.45) is 10.3. The highest BCUT2D eigenvalue weighted by Crippen LogP contribution is 2.39. The van der Waals surface area contributed by atoms with Crippen molar-refractivity contribution in [3.05, 3.63) is 16.3 Å². The van der Waals surface area contributed by atoms with Crippen LogP contribution in [0.2, 0.25) is 0 Å². The second-order valence-corrected chi connectivity index (χ2v) is 6.51. The number of hydrogen-bond donors (Lipinski definition) is 0. The summed E-state index contributed by atoms with van der Waals surface area (Å²) in [4.78, 5) is 11.8. The third-order valence-corrected chi connectivity index (χ3v) is 5.25. The normalized spacial score (nSPS) is 14.4. The largest absolute Gasteiger partial charge is 0.226 e. The lowest BCUT2D eigenvalue weighted by atomic mass is 9.97. The zero-order chi connectivity index (χ0) is 12.5. The van der Waals surface area contributed by atoms with Crippen LogP contribution in [0.25, 0.3) is 10.2 Å². The number of rotatable bonds is 2. The maximum absolute atomic E-state index is 5.36. The first-order chi connectivity index (χ1) is 8.79. The average Bonchev–Trinajstić information content (AvgIpc) is 2.73. The van der Waals surface area contributed by atoms with E-state index >= 15 is 0 Å². The van der Waals surface area contributed by atoms with Gasteiger partial charge in [0, 0.05) is 10.3 Å². The van der Waals surface area contributed by atoms with Crippen molar-refractivity contribution in [1.29, 1.82) is 0 Å². The van der Waals surface area contributed by atoms with E-state index in [0.29, 0.717) is 5.75 Å². The second-order valence-electron chi connectivity index (χ2n) is 4.46. The van der Waals surface area contributed by atoms with Crippen LogP contribution in [0.3, 0.4) is 0 Å². The van der Waals surface area contributed by atoms with E-state index in [-0.39, 0.29) is 0 Å². The fourth-order valence-electron chi connectivity index (χ4n) is 2.44. The van der Waals surface area contributed by atoms with Crippen LogP contribution in [-0.2, 0) is 12.8 Å². The van der Waals surface area contributed by atoms with Crippen molar-refractivity contribution in [1.82, 2.24) is 9.97 Å². The van der Waals surface area contributed by atoms with Crippen molar-refractivity contribution in [3.63, 3.8) is 0 Å². The molecule has 18 heavy (non-hydrogen) atoms. The number of terminal acetylenes is 1. The zero-order valence-electron chi connectivity index (χ0n) is 10.3. The van der Waals surface area contributed by atoms with Crippen LogP contribution in [0, 0.1) is 19.3 Å². The molecule has 4 heteroatoms. The van der Waals surface area contributed by atoms with E-state index < -0.39 is 0 Å². The molecule has 0 unspecified atom stereocenters. The fourth-order valence-corrected chi connectivity index (χ4v) is 4.59. The van der Waals surface area contributed by atoms with Crippen molar-refractivity contribution in [2.75, 3.05) is 5.75 Å². The first-order valence-corrected chi connectivity index (χ1v) is 7.95. The van der Waals surface area contributed by atoms with Gasteiger partial charge in [0.05, 0.1) is 5.75 Å². The summed E-state index contributed by atoms with van der Waals surface area (Å²) in [5, 5.41) is 2.36. The number of nitrogens with zero attached hydrogens (tertiary/aromatic N) is 2. The van der Waals surface area contributed by atoms with E-state index in [4.69, 9.17) is 6.42 Å². The summed E-state index contributed by atoms with van der Waals surface area (Å²) in [5.74, 6) is 4.20. The minimum absolute atomic E-state index is 0.677. The van der Waals surface area contributed by atoms with Crippen LogP contribution in [0.15, 0.2) is 5.03 Å². The first kappa shape index (κ1) is 12.0. The number of aryl methyl sites for hydroxylation is 3. The van der Waals surface area contributed by atoms with Gasteiger partial charge in [-0.1, -0.05) is 17.7 Å². The second kappa shape index (κ2) is 4.91. The third-order valence-electron chi connectivity index (χ3n) is 3.19. The lowest BCUT2D eigenvalue weighted by molar-refractivity contribution is 0.699. The van der Waals surface area contributed by atoms with Gasteiger partial charge in [0.2, 0.25) is 0 Å². The van der Waals surface area contributed by atoms with E-state index in [1.54, 1.807) is 11.8 Å². The van der Waals surface area contributed by atoms with Crippen molar-refractivity contribution >= 4 is 33.3 Å². The lowest BCUT2D eigenvalue weighted by Crippen LogP contribution is -1.99. The molecule has 3 rings (SSSR count). The molecule has 0 N–H and O–H groups in total. The van der Waals surface area contributed by atoms with E-state index in [2.05, 4.69) is 15.9 Å². The fraction of sp³-hybridized carbons (Fsp3) is 0.429. The van der Waals surface area contributed by atoms with Crippen molar-refractivity contribution in [2.24, 2.45) is 0 Å². The Hall–Kier alpha value is -1.05. The zero-order valence-corrected chi connectivity index (χ0v) is 12.0. The van der Waals surface area contributed by atoms with Crippen LogP contribution in [0.4, 0.5) is 0 Å². The monoisotopic (exact) mass is 274 g/mol. The SMILES string of the molecule is C#CCSc1nc(C)nc2sc3c(c12)CCCC3. The van der Waals surface area contributed by atoms with Crippen molar-refractivity contribution in [2.45, 2.75) is 37.6 Å². The molecular weight excluding hydrogens is 260 g/mol. The Morgan fingerprint density at radius 3 is 3.00 bits per heavy atom. The molecule has 2 aromatic rings. The molecule has 0 saturated carbocycles. The highest BCUT2D eigenvalue weighted by molar-refractivity contribution is 7.99. The number of hydrogen-bond acceptors (Lipinski definition) is 4. The van der Waals surface area contributed by atoms with E-state index in [0.717, 1.165) is 15.7 Å². The summed E-state index contributed by atoms with van der Waals surface area (Å²) >= 11 is 3.51. The smallest absolute Gasteiger partial charge is 0.128 e. The summed E-state index contributed by atoms with van der Waals surface area (Å²) in [6.45, 7) is 1.96. The van der Waals surface area contributed by atoms with Gasteiger partial charge >= 0.3 is 0 Å². The summed E-state index contributed by atoms with van der Waals surface area (Å²) in [7, 11) is 0. The standard InChI is InChI=1S/C14H14N2S2/c1-3-8-17-13-12-10-6-4-5-7-11(10)18-14(12)16-9(2)15-13/h1H,4-8H2,2H3. The van der Waals surface area contributed by atoms with Crippen LogP contribution in [0.1, 0.15) is 29.1 Å². The van der Waals surface area contributed by atoms with E-state index in [1.165, 1.54) is 41.5 Å². The van der Waals surface area contributed by atoms with E-state index in [1.807, 2.05) is 18.3 Å². The Bertz CT molecular complexity index is 637. The molecule has 2 nitrogen and oxygen atoms in total. The van der Waals surface area contributed by atoms with Gasteiger partial charge in [-0.05, 0) is 38.2 Å². The molecule has 1 aliphatic rings. The molecule has 0 saturated heterocycles. The average molecular weight is 274 g/mol. The minimum Gasteiger partial charge on any atom is -0.226 e. The Balaban J connectivity index is 2.20. The molecular formula is C14H14N2S2. The van der Waals surface area contributed by atoms with Gasteiger partial charge in [-0.3, -0.25) is 0 Å². The molecule has 0 aromatic carbocycles.